The van der Waals surface area contributed by atoms with Crippen molar-refractivity contribution in [3.05, 3.63) is 65.5 Å². The molecule has 0 fully saturated rings. The number of anilines is 1. The molecule has 0 amide bonds. The minimum atomic E-state index is -0.399. The number of hydrogen-bond acceptors (Lipinski definition) is 6. The number of nitrogens with one attached hydrogen (secondary N) is 1. The molecule has 3 rings (SSSR count). The van der Waals surface area contributed by atoms with Gasteiger partial charge in [-0.25, -0.2) is 4.79 Å². The highest BCUT2D eigenvalue weighted by Crippen LogP contribution is 2.22. The molecule has 0 aliphatic rings. The van der Waals surface area contributed by atoms with Gasteiger partial charge in [0.25, 0.3) is 0 Å². The lowest BCUT2D eigenvalue weighted by Crippen LogP contribution is -2.08. The Bertz CT molecular complexity index is 858. The zero-order valence-electron chi connectivity index (χ0n) is 13.4. The Balaban J connectivity index is 1.75. The first-order chi connectivity index (χ1) is 11.7. The van der Waals surface area contributed by atoms with Crippen molar-refractivity contribution in [2.24, 2.45) is 0 Å². The number of methoxy groups -OCH3 is 1. The van der Waals surface area contributed by atoms with Crippen molar-refractivity contribution in [1.29, 1.82) is 0 Å². The highest BCUT2D eigenvalue weighted by molar-refractivity contribution is 5.95. The summed E-state index contributed by atoms with van der Waals surface area (Å²) in [5.41, 5.74) is 3.08. The summed E-state index contributed by atoms with van der Waals surface area (Å²) in [7, 11) is 1.35. The van der Waals surface area contributed by atoms with Crippen LogP contribution in [-0.4, -0.2) is 23.3 Å². The van der Waals surface area contributed by atoms with Gasteiger partial charge in [-0.05, 0) is 30.7 Å². The minimum Gasteiger partial charge on any atom is -0.465 e. The third-order valence-electron chi connectivity index (χ3n) is 3.60. The van der Waals surface area contributed by atoms with Crippen LogP contribution in [0.2, 0.25) is 0 Å². The number of aryl methyl sites for hydroxylation is 1. The number of carbonyl (C=O) groups excluding carboxylic acids is 1. The molecule has 0 saturated carbocycles. The van der Waals surface area contributed by atoms with Crippen molar-refractivity contribution >= 4 is 11.7 Å². The van der Waals surface area contributed by atoms with Gasteiger partial charge in [0.05, 0.1) is 19.2 Å². The Kier molecular flexibility index (Phi) is 4.56. The molecule has 24 heavy (non-hydrogen) atoms. The van der Waals surface area contributed by atoms with Crippen LogP contribution < -0.4 is 5.32 Å². The molecule has 0 atom stereocenters. The lowest BCUT2D eigenvalue weighted by atomic mass is 10.1. The number of nitrogens with zero attached hydrogens (tertiary/aromatic N) is 2. The van der Waals surface area contributed by atoms with Gasteiger partial charge >= 0.3 is 5.97 Å². The molecule has 122 valence electrons. The lowest BCUT2D eigenvalue weighted by molar-refractivity contribution is 0.0602. The summed E-state index contributed by atoms with van der Waals surface area (Å²) >= 11 is 0. The van der Waals surface area contributed by atoms with Crippen molar-refractivity contribution in [3.8, 4) is 11.5 Å². The Morgan fingerprint density at radius 1 is 1.12 bits per heavy atom. The first-order valence-electron chi connectivity index (χ1n) is 7.48. The van der Waals surface area contributed by atoms with Crippen LogP contribution in [0, 0.1) is 6.92 Å². The maximum absolute atomic E-state index is 11.8. The molecular weight excluding hydrogens is 306 g/mol. The van der Waals surface area contributed by atoms with Gasteiger partial charge in [-0.3, -0.25) is 0 Å². The third kappa shape index (κ3) is 3.27. The zero-order valence-corrected chi connectivity index (χ0v) is 13.4. The van der Waals surface area contributed by atoms with Crippen molar-refractivity contribution < 1.29 is 13.9 Å². The monoisotopic (exact) mass is 323 g/mol. The van der Waals surface area contributed by atoms with Gasteiger partial charge in [-0.15, -0.1) is 10.2 Å². The minimum absolute atomic E-state index is 0.312. The first-order valence-corrected chi connectivity index (χ1v) is 7.48. The maximum atomic E-state index is 11.8. The molecule has 0 aliphatic carbocycles. The standard InChI is InChI=1S/C18H17N3O3/c1-12-7-3-4-8-13(12)17-21-20-16(24-17)11-19-15-10-6-5-9-14(15)18(22)23-2/h3-10,19H,11H2,1-2H3. The van der Waals surface area contributed by atoms with Crippen LogP contribution in [0.15, 0.2) is 52.9 Å². The summed E-state index contributed by atoms with van der Waals surface area (Å²) in [4.78, 5) is 11.8. The fourth-order valence-corrected chi connectivity index (χ4v) is 2.34. The molecule has 6 nitrogen and oxygen atoms in total. The van der Waals surface area contributed by atoms with Gasteiger partial charge < -0.3 is 14.5 Å². The van der Waals surface area contributed by atoms with E-state index in [0.717, 1.165) is 11.1 Å². The molecule has 1 N–H and O–H groups in total. The molecule has 1 aromatic heterocycles. The molecular formula is C18H17N3O3. The second-order valence-corrected chi connectivity index (χ2v) is 5.21. The molecule has 6 heteroatoms. The summed E-state index contributed by atoms with van der Waals surface area (Å²) < 4.78 is 10.5. The summed E-state index contributed by atoms with van der Waals surface area (Å²) in [6.45, 7) is 2.30. The fourth-order valence-electron chi connectivity index (χ4n) is 2.34. The SMILES string of the molecule is COC(=O)c1ccccc1NCc1nnc(-c2ccccc2C)o1. The quantitative estimate of drug-likeness (QED) is 0.725. The van der Waals surface area contributed by atoms with E-state index >= 15 is 0 Å². The second kappa shape index (κ2) is 6.95. The van der Waals surface area contributed by atoms with Crippen LogP contribution in [-0.2, 0) is 11.3 Å². The highest BCUT2D eigenvalue weighted by Gasteiger charge is 2.13. The molecule has 0 spiro atoms. The summed E-state index contributed by atoms with van der Waals surface area (Å²) in [6, 6.07) is 14.9. The van der Waals surface area contributed by atoms with E-state index in [2.05, 4.69) is 15.5 Å². The average molecular weight is 323 g/mol. The second-order valence-electron chi connectivity index (χ2n) is 5.21. The molecule has 2 aromatic carbocycles. The zero-order chi connectivity index (χ0) is 16.9. The van der Waals surface area contributed by atoms with E-state index in [9.17, 15) is 4.79 Å². The van der Waals surface area contributed by atoms with Gasteiger partial charge in [0, 0.05) is 11.3 Å². The van der Waals surface area contributed by atoms with E-state index in [1.54, 1.807) is 18.2 Å². The predicted octanol–water partition coefficient (Wildman–Crippen LogP) is 3.44. The van der Waals surface area contributed by atoms with E-state index in [1.165, 1.54) is 7.11 Å². The van der Waals surface area contributed by atoms with Gasteiger partial charge in [0.2, 0.25) is 11.8 Å². The Hall–Kier alpha value is -3.15. The van der Waals surface area contributed by atoms with Crippen LogP contribution in [0.3, 0.4) is 0 Å². The van der Waals surface area contributed by atoms with Crippen LogP contribution in [0.25, 0.3) is 11.5 Å². The van der Waals surface area contributed by atoms with Crippen molar-refractivity contribution in [3.63, 3.8) is 0 Å². The van der Waals surface area contributed by atoms with E-state index in [-0.39, 0.29) is 0 Å². The summed E-state index contributed by atoms with van der Waals surface area (Å²) in [5.74, 6) is 0.517. The summed E-state index contributed by atoms with van der Waals surface area (Å²) in [5, 5.41) is 11.3. The number of rotatable bonds is 5. The molecule has 1 heterocycles. The largest absolute Gasteiger partial charge is 0.465 e. The van der Waals surface area contributed by atoms with Gasteiger partial charge in [-0.2, -0.15) is 0 Å². The maximum Gasteiger partial charge on any atom is 0.339 e. The molecule has 0 radical (unpaired) electrons. The molecule has 0 unspecified atom stereocenters. The Morgan fingerprint density at radius 3 is 2.67 bits per heavy atom. The van der Waals surface area contributed by atoms with E-state index < -0.39 is 5.97 Å². The number of esters is 1. The van der Waals surface area contributed by atoms with Crippen LogP contribution in [0.4, 0.5) is 5.69 Å². The third-order valence-corrected chi connectivity index (χ3v) is 3.60. The molecule has 0 bridgehead atoms. The van der Waals surface area contributed by atoms with Crippen molar-refractivity contribution in [2.45, 2.75) is 13.5 Å². The van der Waals surface area contributed by atoms with Gasteiger partial charge in [-0.1, -0.05) is 30.3 Å². The van der Waals surface area contributed by atoms with E-state index in [0.29, 0.717) is 29.6 Å². The number of carbonyl (C=O) groups is 1. The van der Waals surface area contributed by atoms with Crippen molar-refractivity contribution in [1.82, 2.24) is 10.2 Å². The topological polar surface area (TPSA) is 77.2 Å². The number of para-hydroxylation sites is 1. The predicted molar refractivity (Wildman–Crippen MR) is 89.6 cm³/mol. The average Bonchev–Trinajstić information content (AvgIpc) is 3.08. The number of hydrogen-bond donors (Lipinski definition) is 1. The molecule has 3 aromatic rings. The van der Waals surface area contributed by atoms with Crippen LogP contribution in [0.5, 0.6) is 0 Å². The Labute approximate surface area is 139 Å². The molecule has 0 aliphatic heterocycles. The van der Waals surface area contributed by atoms with Gasteiger partial charge in [0.15, 0.2) is 0 Å². The van der Waals surface area contributed by atoms with Crippen molar-refractivity contribution in [2.75, 3.05) is 12.4 Å². The smallest absolute Gasteiger partial charge is 0.339 e. The highest BCUT2D eigenvalue weighted by atomic mass is 16.5. The normalized spacial score (nSPS) is 10.4. The lowest BCUT2D eigenvalue weighted by Gasteiger charge is -2.08. The van der Waals surface area contributed by atoms with Crippen LogP contribution >= 0.6 is 0 Å². The molecule has 0 saturated heterocycles. The first kappa shape index (κ1) is 15.7. The van der Waals surface area contributed by atoms with E-state index in [4.69, 9.17) is 9.15 Å². The number of benzene rings is 2. The summed E-state index contributed by atoms with van der Waals surface area (Å²) in [6.07, 6.45) is 0. The fraction of sp³-hybridized carbons (Fsp3) is 0.167. The van der Waals surface area contributed by atoms with Gasteiger partial charge in [0.1, 0.15) is 0 Å². The van der Waals surface area contributed by atoms with Crippen LogP contribution in [0.1, 0.15) is 21.8 Å². The van der Waals surface area contributed by atoms with E-state index in [1.807, 2.05) is 37.3 Å². The Morgan fingerprint density at radius 2 is 1.88 bits per heavy atom. The number of ether oxygens (including phenoxy) is 1. The number of aromatic nitrogens is 2.